The molecule has 1 nitrogen and oxygen atoms in total. The van der Waals surface area contributed by atoms with Crippen LogP contribution in [0, 0.1) is 0 Å². The molecule has 0 aromatic rings. The zero-order valence-electron chi connectivity index (χ0n) is 11.7. The van der Waals surface area contributed by atoms with Crippen LogP contribution in [0.5, 0.6) is 0 Å². The molecule has 1 N–H and O–H groups in total. The fourth-order valence-electron chi connectivity index (χ4n) is 1.29. The molecule has 0 aromatic carbocycles. The average molecular weight is 233 g/mol. The van der Waals surface area contributed by atoms with Gasteiger partial charge in [0.15, 0.2) is 0 Å². The summed E-state index contributed by atoms with van der Waals surface area (Å²) in [6.07, 6.45) is 9.90. The van der Waals surface area contributed by atoms with Crippen molar-refractivity contribution in [3.63, 3.8) is 0 Å². The van der Waals surface area contributed by atoms with Gasteiger partial charge in [-0.25, -0.2) is 0 Å². The van der Waals surface area contributed by atoms with Crippen LogP contribution in [0.4, 0.5) is 4.39 Å². The molecule has 0 unspecified atom stereocenters. The van der Waals surface area contributed by atoms with E-state index < -0.39 is 0 Å². The molecule has 0 aromatic heterocycles. The number of hydrogen-bond acceptors (Lipinski definition) is 1. The summed E-state index contributed by atoms with van der Waals surface area (Å²) in [6.45, 7) is 8.70. The molecular formula is C14H32FN. The summed E-state index contributed by atoms with van der Waals surface area (Å²) in [5.41, 5.74) is 0. The zero-order valence-corrected chi connectivity index (χ0v) is 11.7. The largest absolute Gasteiger partial charge is 0.317 e. The third kappa shape index (κ3) is 23.6. The summed E-state index contributed by atoms with van der Waals surface area (Å²) < 4.78 is 11.0. The molecule has 0 aliphatic carbocycles. The molecule has 16 heavy (non-hydrogen) atoms. The van der Waals surface area contributed by atoms with Crippen molar-refractivity contribution in [2.24, 2.45) is 0 Å². The molecule has 0 spiro atoms. The number of halogens is 1. The SMILES string of the molecule is CCCCCCCNCCC.CCCCF. The second-order valence-corrected chi connectivity index (χ2v) is 4.21. The Bertz CT molecular complexity index is 86.7. The van der Waals surface area contributed by atoms with E-state index in [2.05, 4.69) is 19.2 Å². The van der Waals surface area contributed by atoms with Crippen LogP contribution < -0.4 is 5.32 Å². The molecule has 0 saturated heterocycles. The van der Waals surface area contributed by atoms with Crippen LogP contribution in [0.15, 0.2) is 0 Å². The molecule has 0 heterocycles. The highest BCUT2D eigenvalue weighted by molar-refractivity contribution is 4.47. The Labute approximate surface area is 102 Å². The molecule has 0 aliphatic heterocycles. The van der Waals surface area contributed by atoms with Crippen molar-refractivity contribution in [2.45, 2.75) is 72.1 Å². The molecule has 100 valence electrons. The molecule has 0 atom stereocenters. The third-order valence-corrected chi connectivity index (χ3v) is 2.37. The Kier molecular flexibility index (Phi) is 23.2. The van der Waals surface area contributed by atoms with Gasteiger partial charge in [0.25, 0.3) is 0 Å². The lowest BCUT2D eigenvalue weighted by atomic mass is 10.1. The zero-order chi connectivity index (χ0) is 12.5. The minimum atomic E-state index is -0.156. The maximum absolute atomic E-state index is 11.0. The maximum atomic E-state index is 11.0. The van der Waals surface area contributed by atoms with Crippen molar-refractivity contribution in [2.75, 3.05) is 19.8 Å². The van der Waals surface area contributed by atoms with Crippen LogP contribution in [0.3, 0.4) is 0 Å². The Hall–Kier alpha value is -0.110. The van der Waals surface area contributed by atoms with E-state index in [0.717, 1.165) is 12.8 Å². The van der Waals surface area contributed by atoms with Crippen molar-refractivity contribution >= 4 is 0 Å². The van der Waals surface area contributed by atoms with E-state index in [0.29, 0.717) is 0 Å². The predicted octanol–water partition coefficient (Wildman–Crippen LogP) is 4.71. The fourth-order valence-corrected chi connectivity index (χ4v) is 1.29. The Balaban J connectivity index is 0. The standard InChI is InChI=1S/C10H23N.C4H9F/c1-3-5-6-7-8-10-11-9-4-2;1-2-3-4-5/h11H,3-10H2,1-2H3;2-4H2,1H3. The minimum absolute atomic E-state index is 0.156. The number of alkyl halides is 1. The number of unbranched alkanes of at least 4 members (excludes halogenated alkanes) is 5. The lowest BCUT2D eigenvalue weighted by Gasteiger charge is -2.01. The van der Waals surface area contributed by atoms with Gasteiger partial charge in [-0.3, -0.25) is 4.39 Å². The van der Waals surface area contributed by atoms with Gasteiger partial charge in [-0.15, -0.1) is 0 Å². The molecule has 0 fully saturated rings. The highest BCUT2D eigenvalue weighted by Crippen LogP contribution is 2.00. The Morgan fingerprint density at radius 1 is 0.688 bits per heavy atom. The predicted molar refractivity (Wildman–Crippen MR) is 72.8 cm³/mol. The molecular weight excluding hydrogens is 201 g/mol. The maximum Gasteiger partial charge on any atom is 0.0894 e. The van der Waals surface area contributed by atoms with Gasteiger partial charge in [0.2, 0.25) is 0 Å². The molecule has 0 amide bonds. The first-order valence-corrected chi connectivity index (χ1v) is 7.10. The van der Waals surface area contributed by atoms with E-state index in [9.17, 15) is 4.39 Å². The van der Waals surface area contributed by atoms with Crippen molar-refractivity contribution in [1.82, 2.24) is 5.32 Å². The summed E-state index contributed by atoms with van der Waals surface area (Å²) in [6, 6.07) is 0. The summed E-state index contributed by atoms with van der Waals surface area (Å²) >= 11 is 0. The second-order valence-electron chi connectivity index (χ2n) is 4.21. The number of rotatable bonds is 10. The van der Waals surface area contributed by atoms with Crippen LogP contribution in [-0.4, -0.2) is 19.8 Å². The second kappa shape index (κ2) is 20.3. The lowest BCUT2D eigenvalue weighted by molar-refractivity contribution is 0.469. The van der Waals surface area contributed by atoms with Crippen LogP contribution in [-0.2, 0) is 0 Å². The normalized spacial score (nSPS) is 9.75. The van der Waals surface area contributed by atoms with Crippen molar-refractivity contribution in [3.8, 4) is 0 Å². The highest BCUT2D eigenvalue weighted by atomic mass is 19.1. The summed E-state index contributed by atoms with van der Waals surface area (Å²) in [7, 11) is 0. The first kappa shape index (κ1) is 18.3. The summed E-state index contributed by atoms with van der Waals surface area (Å²) in [5, 5.41) is 3.41. The van der Waals surface area contributed by atoms with E-state index in [1.54, 1.807) is 0 Å². The fraction of sp³-hybridized carbons (Fsp3) is 1.00. The van der Waals surface area contributed by atoms with Gasteiger partial charge in [0.05, 0.1) is 6.67 Å². The third-order valence-electron chi connectivity index (χ3n) is 2.37. The molecule has 2 heteroatoms. The van der Waals surface area contributed by atoms with Crippen LogP contribution >= 0.6 is 0 Å². The highest BCUT2D eigenvalue weighted by Gasteiger charge is 1.87. The topological polar surface area (TPSA) is 12.0 Å². The van der Waals surface area contributed by atoms with Gasteiger partial charge in [0, 0.05) is 0 Å². The van der Waals surface area contributed by atoms with Gasteiger partial charge in [0.1, 0.15) is 0 Å². The number of hydrogen-bond donors (Lipinski definition) is 1. The van der Waals surface area contributed by atoms with Gasteiger partial charge in [-0.1, -0.05) is 52.9 Å². The molecule has 0 bridgehead atoms. The monoisotopic (exact) mass is 233 g/mol. The Morgan fingerprint density at radius 2 is 1.31 bits per heavy atom. The minimum Gasteiger partial charge on any atom is -0.317 e. The van der Waals surface area contributed by atoms with E-state index >= 15 is 0 Å². The van der Waals surface area contributed by atoms with Gasteiger partial charge in [-0.05, 0) is 32.4 Å². The van der Waals surface area contributed by atoms with Crippen molar-refractivity contribution in [1.29, 1.82) is 0 Å². The van der Waals surface area contributed by atoms with Crippen molar-refractivity contribution < 1.29 is 4.39 Å². The first-order chi connectivity index (χ1) is 7.83. The van der Waals surface area contributed by atoms with Crippen LogP contribution in [0.2, 0.25) is 0 Å². The Morgan fingerprint density at radius 3 is 1.75 bits per heavy atom. The average Bonchev–Trinajstić information content (AvgIpc) is 2.30. The lowest BCUT2D eigenvalue weighted by Crippen LogP contribution is -2.15. The van der Waals surface area contributed by atoms with Gasteiger partial charge in [-0.2, -0.15) is 0 Å². The van der Waals surface area contributed by atoms with Crippen LogP contribution in [0.25, 0.3) is 0 Å². The quantitative estimate of drug-likeness (QED) is 0.539. The smallest absolute Gasteiger partial charge is 0.0894 e. The molecule has 0 saturated carbocycles. The molecule has 0 rings (SSSR count). The van der Waals surface area contributed by atoms with E-state index in [1.165, 1.54) is 51.6 Å². The van der Waals surface area contributed by atoms with E-state index in [-0.39, 0.29) is 6.67 Å². The molecule has 0 radical (unpaired) electrons. The first-order valence-electron chi connectivity index (χ1n) is 7.10. The molecule has 0 aliphatic rings. The van der Waals surface area contributed by atoms with Gasteiger partial charge < -0.3 is 5.32 Å². The van der Waals surface area contributed by atoms with E-state index in [1.807, 2.05) is 6.92 Å². The number of nitrogens with one attached hydrogen (secondary N) is 1. The van der Waals surface area contributed by atoms with Crippen molar-refractivity contribution in [3.05, 3.63) is 0 Å². The summed E-state index contributed by atoms with van der Waals surface area (Å²) in [4.78, 5) is 0. The van der Waals surface area contributed by atoms with Gasteiger partial charge >= 0.3 is 0 Å². The summed E-state index contributed by atoms with van der Waals surface area (Å²) in [5.74, 6) is 0. The van der Waals surface area contributed by atoms with Crippen LogP contribution in [0.1, 0.15) is 72.1 Å². The van der Waals surface area contributed by atoms with E-state index in [4.69, 9.17) is 0 Å².